The van der Waals surface area contributed by atoms with E-state index in [0.29, 0.717) is 18.3 Å². The summed E-state index contributed by atoms with van der Waals surface area (Å²) in [5.41, 5.74) is 1.62. The van der Waals surface area contributed by atoms with E-state index in [2.05, 4.69) is 25.4 Å². The predicted octanol–water partition coefficient (Wildman–Crippen LogP) is 1.64. The molecule has 0 aliphatic carbocycles. The van der Waals surface area contributed by atoms with Crippen molar-refractivity contribution in [1.82, 2.24) is 20.5 Å². The molecule has 3 rings (SSSR count). The fourth-order valence-electron chi connectivity index (χ4n) is 2.79. The average molecular weight is 299 g/mol. The lowest BCUT2D eigenvalue weighted by molar-refractivity contribution is 0.407. The van der Waals surface area contributed by atoms with Gasteiger partial charge in [0.05, 0.1) is 5.69 Å². The van der Waals surface area contributed by atoms with Crippen LogP contribution in [0.1, 0.15) is 24.2 Å². The number of anilines is 1. The lowest BCUT2D eigenvalue weighted by Gasteiger charge is -2.33. The molecule has 2 aromatic rings. The van der Waals surface area contributed by atoms with Crippen molar-refractivity contribution in [3.63, 3.8) is 0 Å². The number of pyridine rings is 1. The minimum Gasteiger partial charge on any atom is -0.506 e. The van der Waals surface area contributed by atoms with Crippen molar-refractivity contribution in [1.29, 1.82) is 0 Å². The summed E-state index contributed by atoms with van der Waals surface area (Å²) >= 11 is 0. The van der Waals surface area contributed by atoms with Crippen molar-refractivity contribution in [2.24, 2.45) is 0 Å². The third kappa shape index (κ3) is 3.51. The quantitative estimate of drug-likeness (QED) is 0.894. The van der Waals surface area contributed by atoms with Gasteiger partial charge in [-0.3, -0.25) is 4.98 Å². The molecule has 0 bridgehead atoms. The van der Waals surface area contributed by atoms with Crippen LogP contribution in [0.3, 0.4) is 0 Å². The Kier molecular flexibility index (Phi) is 4.48. The molecule has 1 atom stereocenters. The second-order valence-corrected chi connectivity index (χ2v) is 5.67. The Labute approximate surface area is 130 Å². The first-order chi connectivity index (χ1) is 10.7. The number of piperidine rings is 1. The van der Waals surface area contributed by atoms with Crippen molar-refractivity contribution < 1.29 is 5.11 Å². The van der Waals surface area contributed by atoms with Gasteiger partial charge in [0.15, 0.2) is 5.82 Å². The molecule has 6 heteroatoms. The Bertz CT molecular complexity index is 619. The molecule has 1 aliphatic rings. The summed E-state index contributed by atoms with van der Waals surface area (Å²) in [6, 6.07) is 7.77. The molecular formula is C16H21N5O. The number of rotatable bonds is 4. The number of aryl methyl sites for hydroxylation is 1. The molecule has 22 heavy (non-hydrogen) atoms. The topological polar surface area (TPSA) is 74.2 Å². The van der Waals surface area contributed by atoms with E-state index in [0.717, 1.165) is 37.4 Å². The van der Waals surface area contributed by atoms with Crippen LogP contribution in [0.25, 0.3) is 0 Å². The normalized spacial score (nSPS) is 18.4. The molecule has 0 aromatic carbocycles. The highest BCUT2D eigenvalue weighted by molar-refractivity contribution is 5.37. The number of nitrogens with one attached hydrogen (secondary N) is 1. The van der Waals surface area contributed by atoms with Crippen molar-refractivity contribution >= 4 is 5.82 Å². The van der Waals surface area contributed by atoms with Gasteiger partial charge in [-0.2, -0.15) is 5.10 Å². The van der Waals surface area contributed by atoms with Crippen LogP contribution in [-0.2, 0) is 6.54 Å². The van der Waals surface area contributed by atoms with E-state index >= 15 is 0 Å². The first kappa shape index (κ1) is 14.7. The van der Waals surface area contributed by atoms with Crippen LogP contribution in [0.5, 0.6) is 5.75 Å². The lowest BCUT2D eigenvalue weighted by Crippen LogP contribution is -2.45. The summed E-state index contributed by atoms with van der Waals surface area (Å²) in [5.74, 6) is 1.17. The fraction of sp³-hybridized carbons (Fsp3) is 0.438. The summed E-state index contributed by atoms with van der Waals surface area (Å²) in [6.07, 6.45) is 3.92. The zero-order chi connectivity index (χ0) is 15.4. The second-order valence-electron chi connectivity index (χ2n) is 5.67. The first-order valence-corrected chi connectivity index (χ1v) is 7.64. The molecule has 0 spiro atoms. The molecule has 1 saturated heterocycles. The zero-order valence-electron chi connectivity index (χ0n) is 12.7. The van der Waals surface area contributed by atoms with Gasteiger partial charge in [-0.25, -0.2) is 0 Å². The number of hydrogen-bond donors (Lipinski definition) is 2. The van der Waals surface area contributed by atoms with Crippen LogP contribution in [0.15, 0.2) is 30.5 Å². The van der Waals surface area contributed by atoms with Gasteiger partial charge in [0, 0.05) is 37.6 Å². The molecule has 3 heterocycles. The van der Waals surface area contributed by atoms with Crippen LogP contribution in [0.4, 0.5) is 5.82 Å². The van der Waals surface area contributed by atoms with Gasteiger partial charge in [0.25, 0.3) is 0 Å². The second kappa shape index (κ2) is 6.70. The highest BCUT2D eigenvalue weighted by Gasteiger charge is 2.21. The summed E-state index contributed by atoms with van der Waals surface area (Å²) in [6.45, 7) is 4.40. The molecule has 1 unspecified atom stereocenters. The highest BCUT2D eigenvalue weighted by Crippen LogP contribution is 2.18. The SMILES string of the molecule is Cc1ccc(O)c(CNC2CCCN(c3cccnn3)C2)n1. The Balaban J connectivity index is 1.60. The Morgan fingerprint density at radius 1 is 1.36 bits per heavy atom. The van der Waals surface area contributed by atoms with E-state index in [1.165, 1.54) is 0 Å². The zero-order valence-corrected chi connectivity index (χ0v) is 12.7. The molecule has 2 aromatic heterocycles. The third-order valence-electron chi connectivity index (χ3n) is 3.95. The van der Waals surface area contributed by atoms with Gasteiger partial charge in [0.1, 0.15) is 5.75 Å². The van der Waals surface area contributed by atoms with Crippen molar-refractivity contribution in [2.75, 3.05) is 18.0 Å². The maximum absolute atomic E-state index is 9.86. The molecule has 6 nitrogen and oxygen atoms in total. The lowest BCUT2D eigenvalue weighted by atomic mass is 10.1. The van der Waals surface area contributed by atoms with E-state index in [9.17, 15) is 5.11 Å². The van der Waals surface area contributed by atoms with Crippen LogP contribution in [0, 0.1) is 6.92 Å². The molecular weight excluding hydrogens is 278 g/mol. The van der Waals surface area contributed by atoms with E-state index in [-0.39, 0.29) is 5.75 Å². The van der Waals surface area contributed by atoms with E-state index in [1.807, 2.05) is 25.1 Å². The van der Waals surface area contributed by atoms with Gasteiger partial charge in [-0.15, -0.1) is 5.10 Å². The van der Waals surface area contributed by atoms with Gasteiger partial charge in [-0.05, 0) is 44.0 Å². The van der Waals surface area contributed by atoms with E-state index < -0.39 is 0 Å². The average Bonchev–Trinajstić information content (AvgIpc) is 2.57. The Morgan fingerprint density at radius 2 is 2.27 bits per heavy atom. The molecule has 116 valence electrons. The van der Waals surface area contributed by atoms with Crippen LogP contribution in [-0.4, -0.2) is 39.4 Å². The number of aromatic hydroxyl groups is 1. The third-order valence-corrected chi connectivity index (χ3v) is 3.95. The monoisotopic (exact) mass is 299 g/mol. The smallest absolute Gasteiger partial charge is 0.151 e. The molecule has 0 radical (unpaired) electrons. The summed E-state index contributed by atoms with van der Waals surface area (Å²) in [7, 11) is 0. The van der Waals surface area contributed by atoms with Gasteiger partial charge in [0.2, 0.25) is 0 Å². The standard InChI is InChI=1S/C16H21N5O/c1-12-6-7-15(22)14(19-12)10-17-13-4-3-9-21(11-13)16-5-2-8-18-20-16/h2,5-8,13,17,22H,3-4,9-11H2,1H3. The van der Waals surface area contributed by atoms with Crippen molar-refractivity contribution in [2.45, 2.75) is 32.4 Å². The van der Waals surface area contributed by atoms with Crippen LogP contribution < -0.4 is 10.2 Å². The van der Waals surface area contributed by atoms with Crippen molar-refractivity contribution in [3.05, 3.63) is 41.9 Å². The van der Waals surface area contributed by atoms with E-state index in [4.69, 9.17) is 0 Å². The number of nitrogens with zero attached hydrogens (tertiary/aromatic N) is 4. The fourth-order valence-corrected chi connectivity index (χ4v) is 2.79. The van der Waals surface area contributed by atoms with Gasteiger partial charge < -0.3 is 15.3 Å². The predicted molar refractivity (Wildman–Crippen MR) is 84.7 cm³/mol. The maximum Gasteiger partial charge on any atom is 0.151 e. The molecule has 0 saturated carbocycles. The Morgan fingerprint density at radius 3 is 3.09 bits per heavy atom. The van der Waals surface area contributed by atoms with Crippen molar-refractivity contribution in [3.8, 4) is 5.75 Å². The Hall–Kier alpha value is -2.21. The molecule has 1 fully saturated rings. The summed E-state index contributed by atoms with van der Waals surface area (Å²) in [5, 5.41) is 21.5. The van der Waals surface area contributed by atoms with Crippen LogP contribution >= 0.6 is 0 Å². The van der Waals surface area contributed by atoms with Gasteiger partial charge in [-0.1, -0.05) is 0 Å². The molecule has 0 amide bonds. The molecule has 2 N–H and O–H groups in total. The largest absolute Gasteiger partial charge is 0.506 e. The summed E-state index contributed by atoms with van der Waals surface area (Å²) < 4.78 is 0. The molecule has 1 aliphatic heterocycles. The van der Waals surface area contributed by atoms with Crippen LogP contribution in [0.2, 0.25) is 0 Å². The number of aromatic nitrogens is 3. The highest BCUT2D eigenvalue weighted by atomic mass is 16.3. The summed E-state index contributed by atoms with van der Waals surface area (Å²) in [4.78, 5) is 6.63. The number of hydrogen-bond acceptors (Lipinski definition) is 6. The maximum atomic E-state index is 9.86. The minimum absolute atomic E-state index is 0.250. The van der Waals surface area contributed by atoms with E-state index in [1.54, 1.807) is 12.3 Å². The van der Waals surface area contributed by atoms with Gasteiger partial charge >= 0.3 is 0 Å². The first-order valence-electron chi connectivity index (χ1n) is 7.64. The minimum atomic E-state index is 0.250.